The van der Waals surface area contributed by atoms with Gasteiger partial charge < -0.3 is 15.4 Å². The van der Waals surface area contributed by atoms with Gasteiger partial charge in [-0.3, -0.25) is 0 Å². The highest BCUT2D eigenvalue weighted by molar-refractivity contribution is 8.22. The summed E-state index contributed by atoms with van der Waals surface area (Å²) in [4.78, 5) is 0. The van der Waals surface area contributed by atoms with Crippen molar-refractivity contribution in [2.75, 3.05) is 25.4 Å². The maximum absolute atomic E-state index is 5.41. The Labute approximate surface area is 132 Å². The Morgan fingerprint density at radius 1 is 1.00 bits per heavy atom. The molecule has 3 nitrogen and oxygen atoms in total. The molecule has 0 fully saturated rings. The normalized spacial score (nSPS) is 10.0. The molecule has 19 heavy (non-hydrogen) atoms. The number of rotatable bonds is 10. The Kier molecular flexibility index (Phi) is 14.3. The van der Waals surface area contributed by atoms with E-state index in [1.807, 2.05) is 0 Å². The fourth-order valence-corrected chi connectivity index (χ4v) is 2.41. The lowest BCUT2D eigenvalue weighted by Crippen LogP contribution is -2.25. The van der Waals surface area contributed by atoms with E-state index in [9.17, 15) is 0 Å². The number of ether oxygens (including phenoxy) is 1. The number of thiocarbonyl (C=S) groups is 2. The summed E-state index contributed by atoms with van der Waals surface area (Å²) in [7, 11) is 0. The fourth-order valence-electron chi connectivity index (χ4n) is 1.23. The summed E-state index contributed by atoms with van der Waals surface area (Å²) in [5.41, 5.74) is 0. The molecule has 0 radical (unpaired) electrons. The average Bonchev–Trinajstić information content (AvgIpc) is 2.39. The lowest BCUT2D eigenvalue weighted by molar-refractivity contribution is 0.299. The van der Waals surface area contributed by atoms with Crippen molar-refractivity contribution in [2.24, 2.45) is 0 Å². The van der Waals surface area contributed by atoms with Crippen molar-refractivity contribution in [1.82, 2.24) is 10.6 Å². The van der Waals surface area contributed by atoms with Gasteiger partial charge in [-0.2, -0.15) is 0 Å². The third kappa shape index (κ3) is 14.2. The molecule has 0 saturated carbocycles. The van der Waals surface area contributed by atoms with Gasteiger partial charge in [0.15, 0.2) is 0 Å². The first-order valence-electron chi connectivity index (χ1n) is 7.02. The minimum Gasteiger partial charge on any atom is -0.471 e. The van der Waals surface area contributed by atoms with Crippen LogP contribution >= 0.6 is 36.2 Å². The SMILES string of the molecule is CCCCNC(=S)OCCCSC(=S)NCCCC. The second-order valence-corrected chi connectivity index (χ2v) is 6.33. The van der Waals surface area contributed by atoms with Gasteiger partial charge in [-0.15, -0.1) is 0 Å². The molecule has 0 aromatic rings. The predicted molar refractivity (Wildman–Crippen MR) is 94.0 cm³/mol. The van der Waals surface area contributed by atoms with Crippen molar-refractivity contribution in [3.8, 4) is 0 Å². The minimum absolute atomic E-state index is 0.516. The van der Waals surface area contributed by atoms with Gasteiger partial charge in [0.05, 0.1) is 6.61 Å². The van der Waals surface area contributed by atoms with Crippen LogP contribution in [0.25, 0.3) is 0 Å². The number of unbranched alkanes of at least 4 members (excludes halogenated alkanes) is 2. The first kappa shape index (κ1) is 18.9. The number of hydrogen-bond acceptors (Lipinski definition) is 4. The van der Waals surface area contributed by atoms with Gasteiger partial charge >= 0.3 is 0 Å². The lowest BCUT2D eigenvalue weighted by atomic mass is 10.3. The molecule has 0 spiro atoms. The summed E-state index contributed by atoms with van der Waals surface area (Å²) >= 11 is 11.9. The van der Waals surface area contributed by atoms with Crippen LogP contribution < -0.4 is 10.6 Å². The molecular weight excluding hydrogens is 296 g/mol. The summed E-state index contributed by atoms with van der Waals surface area (Å²) in [5, 5.41) is 6.83. The van der Waals surface area contributed by atoms with Crippen molar-refractivity contribution in [1.29, 1.82) is 0 Å². The zero-order valence-corrected chi connectivity index (χ0v) is 14.4. The highest BCUT2D eigenvalue weighted by Gasteiger charge is 1.99. The van der Waals surface area contributed by atoms with Crippen LogP contribution in [-0.2, 0) is 4.74 Å². The molecule has 0 unspecified atom stereocenters. The van der Waals surface area contributed by atoms with Crippen molar-refractivity contribution in [3.63, 3.8) is 0 Å². The van der Waals surface area contributed by atoms with Gasteiger partial charge in [0.1, 0.15) is 4.32 Å². The van der Waals surface area contributed by atoms with Crippen molar-refractivity contribution in [2.45, 2.75) is 46.0 Å². The molecular formula is C13H26N2OS3. The zero-order chi connectivity index (χ0) is 14.3. The number of hydrogen-bond donors (Lipinski definition) is 2. The minimum atomic E-state index is 0.516. The van der Waals surface area contributed by atoms with Gasteiger partial charge in [0, 0.05) is 18.8 Å². The van der Waals surface area contributed by atoms with Crippen LogP contribution in [0.3, 0.4) is 0 Å². The van der Waals surface area contributed by atoms with Crippen LogP contribution in [0.4, 0.5) is 0 Å². The van der Waals surface area contributed by atoms with E-state index in [0.29, 0.717) is 11.8 Å². The summed E-state index contributed by atoms with van der Waals surface area (Å²) in [6.07, 6.45) is 5.60. The van der Waals surface area contributed by atoms with E-state index in [2.05, 4.69) is 24.5 Å². The van der Waals surface area contributed by atoms with Crippen LogP contribution in [0.1, 0.15) is 46.0 Å². The van der Waals surface area contributed by atoms with E-state index in [4.69, 9.17) is 29.2 Å². The standard InChI is InChI=1S/C13H26N2OS3/c1-3-5-8-14-12(17)16-10-7-11-19-13(18)15-9-6-4-2/h3-11H2,1-2H3,(H,14,17)(H,15,18). The van der Waals surface area contributed by atoms with Crippen LogP contribution in [0.5, 0.6) is 0 Å². The topological polar surface area (TPSA) is 33.3 Å². The summed E-state index contributed by atoms with van der Waals surface area (Å²) in [5.74, 6) is 0.968. The average molecular weight is 323 g/mol. The third-order valence-electron chi connectivity index (χ3n) is 2.35. The van der Waals surface area contributed by atoms with Crippen LogP contribution in [0, 0.1) is 0 Å². The quantitative estimate of drug-likeness (QED) is 0.473. The maximum Gasteiger partial charge on any atom is 0.256 e. The molecule has 112 valence electrons. The first-order valence-corrected chi connectivity index (χ1v) is 8.82. The van der Waals surface area contributed by atoms with E-state index in [0.717, 1.165) is 42.4 Å². The smallest absolute Gasteiger partial charge is 0.256 e. The second kappa shape index (κ2) is 14.3. The molecule has 0 aliphatic rings. The zero-order valence-electron chi connectivity index (χ0n) is 12.0. The van der Waals surface area contributed by atoms with E-state index in [-0.39, 0.29) is 0 Å². The van der Waals surface area contributed by atoms with Gasteiger partial charge in [0.2, 0.25) is 0 Å². The Balaban J connectivity index is 3.29. The van der Waals surface area contributed by atoms with Gasteiger partial charge in [-0.25, -0.2) is 0 Å². The molecule has 0 heterocycles. The van der Waals surface area contributed by atoms with E-state index in [1.54, 1.807) is 11.8 Å². The highest BCUT2D eigenvalue weighted by Crippen LogP contribution is 2.04. The van der Waals surface area contributed by atoms with Crippen LogP contribution in [0.15, 0.2) is 0 Å². The van der Waals surface area contributed by atoms with Gasteiger partial charge in [-0.1, -0.05) is 50.7 Å². The monoisotopic (exact) mass is 322 g/mol. The van der Waals surface area contributed by atoms with Crippen molar-refractivity contribution < 1.29 is 4.74 Å². The van der Waals surface area contributed by atoms with Crippen LogP contribution in [0.2, 0.25) is 0 Å². The first-order chi connectivity index (χ1) is 9.20. The molecule has 0 aliphatic heterocycles. The predicted octanol–water partition coefficient (Wildman–Crippen LogP) is 3.48. The second-order valence-electron chi connectivity index (χ2n) is 4.19. The molecule has 2 N–H and O–H groups in total. The van der Waals surface area contributed by atoms with Crippen molar-refractivity contribution in [3.05, 3.63) is 0 Å². The summed E-state index contributed by atoms with van der Waals surface area (Å²) in [6, 6.07) is 0. The molecule has 0 atom stereocenters. The van der Waals surface area contributed by atoms with Gasteiger partial charge in [-0.05, 0) is 31.5 Å². The molecule has 0 amide bonds. The molecule has 0 bridgehead atoms. The molecule has 0 aromatic carbocycles. The molecule has 0 saturated heterocycles. The largest absolute Gasteiger partial charge is 0.471 e. The van der Waals surface area contributed by atoms with E-state index < -0.39 is 0 Å². The summed E-state index contributed by atoms with van der Waals surface area (Å²) < 4.78 is 6.30. The van der Waals surface area contributed by atoms with Crippen molar-refractivity contribution >= 4 is 45.7 Å². The number of nitrogens with one attached hydrogen (secondary N) is 2. The van der Waals surface area contributed by atoms with Crippen LogP contribution in [-0.4, -0.2) is 34.9 Å². The number of thioether (sulfide) groups is 1. The molecule has 6 heteroatoms. The Morgan fingerprint density at radius 2 is 1.63 bits per heavy atom. The molecule has 0 rings (SSSR count). The Morgan fingerprint density at radius 3 is 2.26 bits per heavy atom. The fraction of sp³-hybridized carbons (Fsp3) is 0.846. The maximum atomic E-state index is 5.41. The lowest BCUT2D eigenvalue weighted by Gasteiger charge is -2.09. The molecule has 0 aliphatic carbocycles. The highest BCUT2D eigenvalue weighted by atomic mass is 32.2. The Bertz CT molecular complexity index is 226. The third-order valence-corrected chi connectivity index (χ3v) is 4.01. The summed E-state index contributed by atoms with van der Waals surface area (Å²) in [6.45, 7) is 6.86. The van der Waals surface area contributed by atoms with Gasteiger partial charge in [0.25, 0.3) is 5.17 Å². The Hall–Kier alpha value is -0.0700. The molecule has 0 aromatic heterocycles. The van der Waals surface area contributed by atoms with E-state index in [1.165, 1.54) is 12.8 Å². The van der Waals surface area contributed by atoms with E-state index >= 15 is 0 Å².